The van der Waals surface area contributed by atoms with E-state index in [0.717, 1.165) is 44.2 Å². The van der Waals surface area contributed by atoms with Crippen LogP contribution in [-0.2, 0) is 32.3 Å². The van der Waals surface area contributed by atoms with Gasteiger partial charge in [-0.3, -0.25) is 13.9 Å². The van der Waals surface area contributed by atoms with Crippen molar-refractivity contribution in [2.75, 3.05) is 18.0 Å². The fraction of sp³-hybridized carbons (Fsp3) is 0.375. The van der Waals surface area contributed by atoms with Crippen LogP contribution in [-0.4, -0.2) is 50.9 Å². The molecule has 0 spiro atoms. The summed E-state index contributed by atoms with van der Waals surface area (Å²) in [6, 6.07) is 15.4. The lowest BCUT2D eigenvalue weighted by Crippen LogP contribution is -2.53. The number of nitrogens with one attached hydrogen (secondary N) is 1. The summed E-state index contributed by atoms with van der Waals surface area (Å²) in [5.41, 5.74) is -1.07. The minimum Gasteiger partial charge on any atom is -0.497 e. The standard InChI is InChI=1S/C32H35ClF3N3O5S/c1-22(31(41)37-24-11-5-3-6-12-24)38(20-23-10-9-13-26(18-23)44-2)30(40)21-39(45(42,43)27-14-7-4-8-15-27)25-16-17-29(33)28(19-25)32(34,35)36/h4,7-10,13-19,22,24H,3,5-6,11-12,20-21H2,1-2H3,(H,37,41)/t22-/m1/s1. The van der Waals surface area contributed by atoms with Crippen molar-refractivity contribution in [3.63, 3.8) is 0 Å². The minimum absolute atomic E-state index is 0.0488. The number of carbonyl (C=O) groups is 2. The monoisotopic (exact) mass is 665 g/mol. The van der Waals surface area contributed by atoms with E-state index in [-0.39, 0.29) is 17.5 Å². The lowest BCUT2D eigenvalue weighted by molar-refractivity contribution is -0.139. The Labute approximate surface area is 266 Å². The number of anilines is 1. The Balaban J connectivity index is 1.74. The summed E-state index contributed by atoms with van der Waals surface area (Å²) in [5, 5.41) is 2.38. The molecular formula is C32H35ClF3N3O5S. The van der Waals surface area contributed by atoms with E-state index < -0.39 is 56.9 Å². The summed E-state index contributed by atoms with van der Waals surface area (Å²) < 4.78 is 75.1. The number of hydrogen-bond acceptors (Lipinski definition) is 5. The van der Waals surface area contributed by atoms with Crippen molar-refractivity contribution in [3.8, 4) is 5.75 Å². The van der Waals surface area contributed by atoms with E-state index in [0.29, 0.717) is 21.7 Å². The molecule has 0 bridgehead atoms. The average Bonchev–Trinajstić information content (AvgIpc) is 3.02. The summed E-state index contributed by atoms with van der Waals surface area (Å²) in [5.74, 6) is -0.707. The maximum absolute atomic E-state index is 14.1. The van der Waals surface area contributed by atoms with Crippen LogP contribution in [0.5, 0.6) is 5.75 Å². The van der Waals surface area contributed by atoms with E-state index >= 15 is 0 Å². The number of amides is 2. The molecule has 1 saturated carbocycles. The van der Waals surface area contributed by atoms with Crippen LogP contribution in [0.3, 0.4) is 0 Å². The van der Waals surface area contributed by atoms with E-state index in [1.54, 1.807) is 30.3 Å². The SMILES string of the molecule is COc1cccc(CN(C(=O)CN(c2ccc(Cl)c(C(F)(F)F)c2)S(=O)(=O)c2ccccc2)[C@H](C)C(=O)NC2CCCCC2)c1. The zero-order valence-corrected chi connectivity index (χ0v) is 26.5. The molecular weight excluding hydrogens is 631 g/mol. The summed E-state index contributed by atoms with van der Waals surface area (Å²) in [6.07, 6.45) is -0.247. The first kappa shape index (κ1) is 34.1. The molecule has 0 aliphatic heterocycles. The number of rotatable bonds is 11. The summed E-state index contributed by atoms with van der Waals surface area (Å²) in [6.45, 7) is 0.556. The van der Waals surface area contributed by atoms with Gasteiger partial charge < -0.3 is 15.0 Å². The third-order valence-corrected chi connectivity index (χ3v) is 9.88. The number of sulfonamides is 1. The molecule has 1 aliphatic carbocycles. The Hall–Kier alpha value is -3.77. The van der Waals surface area contributed by atoms with Crippen molar-refractivity contribution >= 4 is 39.1 Å². The third kappa shape index (κ3) is 8.49. The van der Waals surface area contributed by atoms with Crippen LogP contribution in [0.25, 0.3) is 0 Å². The molecule has 0 heterocycles. The number of halogens is 4. The highest BCUT2D eigenvalue weighted by atomic mass is 35.5. The van der Waals surface area contributed by atoms with Crippen molar-refractivity contribution in [2.45, 2.75) is 68.7 Å². The van der Waals surface area contributed by atoms with Gasteiger partial charge >= 0.3 is 6.18 Å². The number of alkyl halides is 3. The predicted octanol–water partition coefficient (Wildman–Crippen LogP) is 6.43. The van der Waals surface area contributed by atoms with Crippen molar-refractivity contribution in [3.05, 3.63) is 88.9 Å². The molecule has 242 valence electrons. The van der Waals surface area contributed by atoms with Crippen molar-refractivity contribution in [2.24, 2.45) is 0 Å². The van der Waals surface area contributed by atoms with Gasteiger partial charge in [0, 0.05) is 12.6 Å². The smallest absolute Gasteiger partial charge is 0.417 e. The van der Waals surface area contributed by atoms with Crippen LogP contribution in [0.1, 0.15) is 50.2 Å². The van der Waals surface area contributed by atoms with Gasteiger partial charge in [-0.25, -0.2) is 8.42 Å². The molecule has 1 N–H and O–H groups in total. The molecule has 4 rings (SSSR count). The highest BCUT2D eigenvalue weighted by molar-refractivity contribution is 7.92. The van der Waals surface area contributed by atoms with Gasteiger partial charge in [0.25, 0.3) is 10.0 Å². The van der Waals surface area contributed by atoms with Gasteiger partial charge in [-0.15, -0.1) is 0 Å². The van der Waals surface area contributed by atoms with Gasteiger partial charge in [-0.05, 0) is 67.8 Å². The fourth-order valence-electron chi connectivity index (χ4n) is 5.25. The summed E-state index contributed by atoms with van der Waals surface area (Å²) in [7, 11) is -3.07. The van der Waals surface area contributed by atoms with Crippen molar-refractivity contribution in [1.82, 2.24) is 10.2 Å². The first-order valence-corrected chi connectivity index (χ1v) is 16.3. The van der Waals surface area contributed by atoms with Crippen LogP contribution in [0.4, 0.5) is 18.9 Å². The van der Waals surface area contributed by atoms with E-state index in [2.05, 4.69) is 5.32 Å². The topological polar surface area (TPSA) is 96.0 Å². The van der Waals surface area contributed by atoms with E-state index in [1.807, 2.05) is 0 Å². The van der Waals surface area contributed by atoms with Crippen LogP contribution in [0.15, 0.2) is 77.7 Å². The van der Waals surface area contributed by atoms with E-state index in [9.17, 15) is 31.2 Å². The highest BCUT2D eigenvalue weighted by Gasteiger charge is 2.37. The van der Waals surface area contributed by atoms with Gasteiger partial charge in [-0.1, -0.05) is 61.2 Å². The van der Waals surface area contributed by atoms with Gasteiger partial charge in [0.1, 0.15) is 18.3 Å². The zero-order valence-electron chi connectivity index (χ0n) is 24.9. The van der Waals surface area contributed by atoms with Crippen LogP contribution in [0.2, 0.25) is 5.02 Å². The quantitative estimate of drug-likeness (QED) is 0.255. The normalized spacial score (nSPS) is 14.8. The van der Waals surface area contributed by atoms with Crippen molar-refractivity contribution in [1.29, 1.82) is 0 Å². The first-order chi connectivity index (χ1) is 21.3. The minimum atomic E-state index is -4.89. The molecule has 3 aromatic carbocycles. The molecule has 1 fully saturated rings. The van der Waals surface area contributed by atoms with Crippen LogP contribution >= 0.6 is 11.6 Å². The Bertz CT molecular complexity index is 1600. The van der Waals surface area contributed by atoms with E-state index in [4.69, 9.17) is 16.3 Å². The van der Waals surface area contributed by atoms with E-state index in [1.165, 1.54) is 43.2 Å². The molecule has 0 unspecified atom stereocenters. The van der Waals surface area contributed by atoms with Gasteiger partial charge in [0.05, 0.1) is 28.3 Å². The highest BCUT2D eigenvalue weighted by Crippen LogP contribution is 2.38. The fourth-order valence-corrected chi connectivity index (χ4v) is 6.90. The molecule has 0 aromatic heterocycles. The molecule has 13 heteroatoms. The maximum atomic E-state index is 14.1. The maximum Gasteiger partial charge on any atom is 0.417 e. The second-order valence-corrected chi connectivity index (χ2v) is 13.1. The molecule has 8 nitrogen and oxygen atoms in total. The lowest BCUT2D eigenvalue weighted by Gasteiger charge is -2.33. The second-order valence-electron chi connectivity index (χ2n) is 10.9. The Morgan fingerprint density at radius 2 is 1.69 bits per heavy atom. The number of benzene rings is 3. The van der Waals surface area contributed by atoms with Crippen LogP contribution < -0.4 is 14.4 Å². The number of nitrogens with zero attached hydrogens (tertiary/aromatic N) is 2. The number of hydrogen-bond donors (Lipinski definition) is 1. The molecule has 45 heavy (non-hydrogen) atoms. The molecule has 2 amide bonds. The Morgan fingerprint density at radius 1 is 1.00 bits per heavy atom. The molecule has 1 aliphatic rings. The van der Waals surface area contributed by atoms with Crippen molar-refractivity contribution < 1.29 is 35.9 Å². The Morgan fingerprint density at radius 3 is 2.33 bits per heavy atom. The molecule has 0 saturated heterocycles. The zero-order chi connectivity index (χ0) is 32.8. The molecule has 0 radical (unpaired) electrons. The third-order valence-electron chi connectivity index (χ3n) is 7.76. The largest absolute Gasteiger partial charge is 0.497 e. The average molecular weight is 666 g/mol. The predicted molar refractivity (Wildman–Crippen MR) is 165 cm³/mol. The summed E-state index contributed by atoms with van der Waals surface area (Å²) in [4.78, 5) is 28.5. The second kappa shape index (κ2) is 14.6. The van der Waals surface area contributed by atoms with Gasteiger partial charge in [-0.2, -0.15) is 13.2 Å². The van der Waals surface area contributed by atoms with Gasteiger partial charge in [0.2, 0.25) is 11.8 Å². The summed E-state index contributed by atoms with van der Waals surface area (Å²) >= 11 is 5.83. The lowest BCUT2D eigenvalue weighted by atomic mass is 9.95. The number of ether oxygens (including phenoxy) is 1. The number of methoxy groups -OCH3 is 1. The first-order valence-electron chi connectivity index (χ1n) is 14.5. The molecule has 3 aromatic rings. The Kier molecular flexibility index (Phi) is 11.0. The van der Waals surface area contributed by atoms with Gasteiger partial charge in [0.15, 0.2) is 0 Å². The number of carbonyl (C=O) groups excluding carboxylic acids is 2. The van der Waals surface area contributed by atoms with Crippen LogP contribution in [0, 0.1) is 0 Å². The molecule has 1 atom stereocenters.